The zero-order valence-electron chi connectivity index (χ0n) is 19.1. The largest absolute Gasteiger partial charge is 0.496 e. The van der Waals surface area contributed by atoms with Gasteiger partial charge in [0.1, 0.15) is 11.6 Å². The van der Waals surface area contributed by atoms with Gasteiger partial charge in [0.05, 0.1) is 7.11 Å². The Bertz CT molecular complexity index is 831. The number of thioether (sulfide) groups is 1. The molecule has 0 spiro atoms. The predicted molar refractivity (Wildman–Crippen MR) is 128 cm³/mol. The zero-order chi connectivity index (χ0) is 21.9. The Kier molecular flexibility index (Phi) is 9.52. The highest BCUT2D eigenvalue weighted by atomic mass is 32.2. The lowest BCUT2D eigenvalue weighted by Gasteiger charge is -2.16. The van der Waals surface area contributed by atoms with Crippen molar-refractivity contribution in [2.24, 2.45) is 4.99 Å². The maximum atomic E-state index is 5.44. The van der Waals surface area contributed by atoms with Crippen molar-refractivity contribution in [1.29, 1.82) is 0 Å². The van der Waals surface area contributed by atoms with Gasteiger partial charge in [-0.2, -0.15) is 0 Å². The van der Waals surface area contributed by atoms with Gasteiger partial charge in [-0.1, -0.05) is 42.8 Å². The van der Waals surface area contributed by atoms with Gasteiger partial charge in [-0.15, -0.1) is 10.2 Å². The van der Waals surface area contributed by atoms with Crippen LogP contribution in [0.15, 0.2) is 34.4 Å². The van der Waals surface area contributed by atoms with Gasteiger partial charge in [0.2, 0.25) is 0 Å². The van der Waals surface area contributed by atoms with Gasteiger partial charge in [0, 0.05) is 32.1 Å². The monoisotopic (exact) mass is 444 g/mol. The van der Waals surface area contributed by atoms with E-state index in [1.54, 1.807) is 18.9 Å². The molecule has 0 saturated heterocycles. The number of para-hydroxylation sites is 1. The summed E-state index contributed by atoms with van der Waals surface area (Å²) < 4.78 is 7.83. The molecule has 7 nitrogen and oxygen atoms in total. The molecule has 1 aliphatic carbocycles. The van der Waals surface area contributed by atoms with E-state index in [0.29, 0.717) is 6.04 Å². The molecule has 3 rings (SSSR count). The van der Waals surface area contributed by atoms with Crippen molar-refractivity contribution in [3.05, 3.63) is 35.7 Å². The van der Waals surface area contributed by atoms with Crippen LogP contribution in [0, 0.1) is 0 Å². The van der Waals surface area contributed by atoms with Crippen LogP contribution in [-0.4, -0.2) is 53.7 Å². The molecule has 0 unspecified atom stereocenters. The number of ether oxygens (including phenoxy) is 1. The fourth-order valence-electron chi connectivity index (χ4n) is 4.14. The third-order valence-electron chi connectivity index (χ3n) is 5.66. The summed E-state index contributed by atoms with van der Waals surface area (Å²) in [7, 11) is 1.72. The minimum atomic E-state index is 0.574. The Morgan fingerprint density at radius 1 is 1.19 bits per heavy atom. The number of rotatable bonds is 11. The number of hydrogen-bond acceptors (Lipinski definition) is 5. The van der Waals surface area contributed by atoms with Gasteiger partial charge in [0.15, 0.2) is 11.1 Å². The quantitative estimate of drug-likeness (QED) is 0.237. The summed E-state index contributed by atoms with van der Waals surface area (Å²) in [6, 6.07) is 8.72. The summed E-state index contributed by atoms with van der Waals surface area (Å²) in [5, 5.41) is 16.7. The fourth-order valence-corrected chi connectivity index (χ4v) is 4.71. The molecule has 170 valence electrons. The van der Waals surface area contributed by atoms with Crippen molar-refractivity contribution in [3.8, 4) is 5.75 Å². The van der Waals surface area contributed by atoms with Gasteiger partial charge in [-0.3, -0.25) is 4.99 Å². The van der Waals surface area contributed by atoms with Crippen LogP contribution in [0.4, 0.5) is 0 Å². The second-order valence-electron chi connectivity index (χ2n) is 7.76. The molecular weight excluding hydrogens is 408 g/mol. The summed E-state index contributed by atoms with van der Waals surface area (Å²) in [6.45, 7) is 4.49. The minimum Gasteiger partial charge on any atom is -0.496 e. The molecule has 0 atom stereocenters. The lowest BCUT2D eigenvalue weighted by Crippen LogP contribution is -2.38. The molecule has 1 aromatic carbocycles. The predicted octanol–water partition coefficient (Wildman–Crippen LogP) is 3.85. The summed E-state index contributed by atoms with van der Waals surface area (Å²) in [5.74, 6) is 2.90. The number of guanidine groups is 1. The van der Waals surface area contributed by atoms with Crippen LogP contribution in [0.3, 0.4) is 0 Å². The maximum absolute atomic E-state index is 5.44. The van der Waals surface area contributed by atoms with Crippen LogP contribution < -0.4 is 15.4 Å². The Hall–Kier alpha value is -2.22. The van der Waals surface area contributed by atoms with Crippen molar-refractivity contribution in [3.63, 3.8) is 0 Å². The molecule has 2 N–H and O–H groups in total. The lowest BCUT2D eigenvalue weighted by molar-refractivity contribution is 0.409. The maximum Gasteiger partial charge on any atom is 0.191 e. The van der Waals surface area contributed by atoms with Crippen molar-refractivity contribution >= 4 is 17.7 Å². The normalized spacial score (nSPS) is 14.7. The van der Waals surface area contributed by atoms with Gasteiger partial charge >= 0.3 is 0 Å². The minimum absolute atomic E-state index is 0.574. The van der Waals surface area contributed by atoms with Crippen LogP contribution in [0.2, 0.25) is 0 Å². The molecule has 0 amide bonds. The highest BCUT2D eigenvalue weighted by Crippen LogP contribution is 2.33. The molecule has 0 bridgehead atoms. The molecule has 1 heterocycles. The van der Waals surface area contributed by atoms with Crippen LogP contribution in [0.1, 0.15) is 56.5 Å². The van der Waals surface area contributed by atoms with Crippen molar-refractivity contribution in [1.82, 2.24) is 25.4 Å². The summed E-state index contributed by atoms with van der Waals surface area (Å²) in [4.78, 5) is 4.76. The van der Waals surface area contributed by atoms with Crippen molar-refractivity contribution < 1.29 is 4.74 Å². The molecule has 1 fully saturated rings. The van der Waals surface area contributed by atoms with E-state index in [1.807, 2.05) is 18.2 Å². The van der Waals surface area contributed by atoms with Crippen LogP contribution in [0.5, 0.6) is 5.75 Å². The van der Waals surface area contributed by atoms with E-state index in [-0.39, 0.29) is 0 Å². The molecule has 31 heavy (non-hydrogen) atoms. The van der Waals surface area contributed by atoms with E-state index >= 15 is 0 Å². The highest BCUT2D eigenvalue weighted by molar-refractivity contribution is 7.98. The summed E-state index contributed by atoms with van der Waals surface area (Å²) in [6.07, 6.45) is 9.96. The molecule has 2 aromatic rings. The zero-order valence-corrected chi connectivity index (χ0v) is 19.9. The Morgan fingerprint density at radius 2 is 2.00 bits per heavy atom. The number of aromatic nitrogens is 3. The first-order valence-corrected chi connectivity index (χ1v) is 12.6. The van der Waals surface area contributed by atoms with E-state index < -0.39 is 0 Å². The number of nitrogens with one attached hydrogen (secondary N) is 2. The van der Waals surface area contributed by atoms with Crippen LogP contribution in [-0.2, 0) is 12.8 Å². The van der Waals surface area contributed by atoms with Crippen LogP contribution >= 0.6 is 11.8 Å². The SMILES string of the molecule is CCNC(=NCCCc1nnc(SC)n1C1CCCC1)NCCc1ccccc1OC. The first kappa shape index (κ1) is 23.4. The molecule has 1 aliphatic rings. The summed E-state index contributed by atoms with van der Waals surface area (Å²) >= 11 is 1.70. The third-order valence-corrected chi connectivity index (χ3v) is 6.30. The molecule has 8 heteroatoms. The first-order chi connectivity index (χ1) is 15.3. The number of benzene rings is 1. The third kappa shape index (κ3) is 6.63. The van der Waals surface area contributed by atoms with Gasteiger partial charge in [0.25, 0.3) is 0 Å². The van der Waals surface area contributed by atoms with E-state index in [4.69, 9.17) is 9.73 Å². The Balaban J connectivity index is 1.50. The molecule has 0 aliphatic heterocycles. The number of aliphatic imine (C=N–C) groups is 1. The van der Waals surface area contributed by atoms with Gasteiger partial charge in [-0.25, -0.2) is 0 Å². The smallest absolute Gasteiger partial charge is 0.191 e. The average molecular weight is 445 g/mol. The van der Waals surface area contributed by atoms with Crippen LogP contribution in [0.25, 0.3) is 0 Å². The number of nitrogens with zero attached hydrogens (tertiary/aromatic N) is 4. The number of aryl methyl sites for hydroxylation is 1. The van der Waals surface area contributed by atoms with Gasteiger partial charge < -0.3 is 19.9 Å². The average Bonchev–Trinajstić information content (AvgIpc) is 3.46. The Labute approximate surface area is 190 Å². The summed E-state index contributed by atoms with van der Waals surface area (Å²) in [5.41, 5.74) is 1.20. The van der Waals surface area contributed by atoms with Crippen molar-refractivity contribution in [2.75, 3.05) is 33.0 Å². The van der Waals surface area contributed by atoms with Crippen molar-refractivity contribution in [2.45, 2.75) is 63.1 Å². The highest BCUT2D eigenvalue weighted by Gasteiger charge is 2.23. The van der Waals surface area contributed by atoms with E-state index in [0.717, 1.165) is 61.6 Å². The second-order valence-corrected chi connectivity index (χ2v) is 8.54. The number of hydrogen-bond donors (Lipinski definition) is 2. The second kappa shape index (κ2) is 12.6. The Morgan fingerprint density at radius 3 is 2.74 bits per heavy atom. The molecule has 0 radical (unpaired) electrons. The lowest BCUT2D eigenvalue weighted by atomic mass is 10.1. The standard InChI is InChI=1S/C23H36N6OS/c1-4-24-22(26-17-15-18-10-5-8-13-20(18)30-2)25-16-9-14-21-27-28-23(31-3)29(21)19-11-6-7-12-19/h5,8,10,13,19H,4,6-7,9,11-12,14-17H2,1-3H3,(H2,24,25,26). The van der Waals surface area contributed by atoms with E-state index in [9.17, 15) is 0 Å². The molecular formula is C23H36N6OS. The molecule has 1 aromatic heterocycles. The van der Waals surface area contributed by atoms with Gasteiger partial charge in [-0.05, 0) is 50.5 Å². The topological polar surface area (TPSA) is 76.4 Å². The first-order valence-electron chi connectivity index (χ1n) is 11.4. The van der Waals surface area contributed by atoms with E-state index in [2.05, 4.69) is 44.6 Å². The van der Waals surface area contributed by atoms with E-state index in [1.165, 1.54) is 31.2 Å². The fraction of sp³-hybridized carbons (Fsp3) is 0.609. The number of methoxy groups -OCH3 is 1. The molecule has 1 saturated carbocycles.